The molecule has 126 valence electrons. The number of rotatable bonds is 4. The van der Waals surface area contributed by atoms with Crippen LogP contribution in [0.15, 0.2) is 46.3 Å². The van der Waals surface area contributed by atoms with E-state index in [0.717, 1.165) is 10.8 Å². The summed E-state index contributed by atoms with van der Waals surface area (Å²) in [6, 6.07) is 7.65. The van der Waals surface area contributed by atoms with E-state index in [1.807, 2.05) is 42.0 Å². The average molecular weight is 363 g/mol. The van der Waals surface area contributed by atoms with Crippen LogP contribution >= 0.6 is 23.4 Å². The van der Waals surface area contributed by atoms with E-state index >= 15 is 0 Å². The lowest BCUT2D eigenvalue weighted by molar-refractivity contribution is 0.364. The fraction of sp³-hybridized carbons (Fsp3) is 0.353. The van der Waals surface area contributed by atoms with Crippen LogP contribution in [0.1, 0.15) is 44.7 Å². The van der Waals surface area contributed by atoms with Crippen LogP contribution in [-0.4, -0.2) is 19.7 Å². The lowest BCUT2D eigenvalue weighted by Gasteiger charge is -2.11. The van der Waals surface area contributed by atoms with Gasteiger partial charge in [0.1, 0.15) is 0 Å². The highest BCUT2D eigenvalue weighted by Gasteiger charge is 2.24. The van der Waals surface area contributed by atoms with Gasteiger partial charge in [0.05, 0.1) is 5.25 Å². The van der Waals surface area contributed by atoms with E-state index in [0.29, 0.717) is 16.7 Å². The fourth-order valence-electron chi connectivity index (χ4n) is 2.09. The molecule has 24 heavy (non-hydrogen) atoms. The van der Waals surface area contributed by atoms with Gasteiger partial charge in [0.15, 0.2) is 11.0 Å². The highest BCUT2D eigenvalue weighted by Crippen LogP contribution is 2.35. The molecule has 0 amide bonds. The highest BCUT2D eigenvalue weighted by molar-refractivity contribution is 7.99. The van der Waals surface area contributed by atoms with Crippen LogP contribution in [0.2, 0.25) is 5.02 Å². The Morgan fingerprint density at radius 3 is 2.54 bits per heavy atom. The van der Waals surface area contributed by atoms with Crippen molar-refractivity contribution in [3.63, 3.8) is 0 Å². The molecular formula is C17H19ClN4OS. The summed E-state index contributed by atoms with van der Waals surface area (Å²) in [6.07, 6.45) is 3.70. The van der Waals surface area contributed by atoms with Crippen LogP contribution in [0.3, 0.4) is 0 Å². The van der Waals surface area contributed by atoms with Crippen molar-refractivity contribution in [1.82, 2.24) is 19.7 Å². The minimum atomic E-state index is -0.131. The molecule has 2 heterocycles. The predicted octanol–water partition coefficient (Wildman–Crippen LogP) is 5.06. The SMILES string of the molecule is CC(Sc1nccn1-c1ccc(Cl)cc1)c1nc(C(C)(C)C)no1. The Labute approximate surface area is 150 Å². The van der Waals surface area contributed by atoms with Gasteiger partial charge in [-0.3, -0.25) is 4.57 Å². The van der Waals surface area contributed by atoms with E-state index in [2.05, 4.69) is 35.9 Å². The van der Waals surface area contributed by atoms with E-state index in [1.165, 1.54) is 0 Å². The monoisotopic (exact) mass is 362 g/mol. The molecule has 3 aromatic rings. The maximum Gasteiger partial charge on any atom is 0.239 e. The van der Waals surface area contributed by atoms with Crippen molar-refractivity contribution in [2.24, 2.45) is 0 Å². The van der Waals surface area contributed by atoms with Crippen LogP contribution in [0.5, 0.6) is 0 Å². The molecule has 7 heteroatoms. The minimum Gasteiger partial charge on any atom is -0.338 e. The molecule has 5 nitrogen and oxygen atoms in total. The summed E-state index contributed by atoms with van der Waals surface area (Å²) in [4.78, 5) is 8.96. The minimum absolute atomic E-state index is 0.00190. The molecule has 1 atom stereocenters. The molecule has 0 saturated heterocycles. The quantitative estimate of drug-likeness (QED) is 0.607. The molecule has 3 rings (SSSR count). The molecule has 2 aromatic heterocycles. The Morgan fingerprint density at radius 1 is 1.21 bits per heavy atom. The van der Waals surface area contributed by atoms with Gasteiger partial charge in [0.2, 0.25) is 5.89 Å². The van der Waals surface area contributed by atoms with Gasteiger partial charge in [-0.1, -0.05) is 49.3 Å². The second kappa shape index (κ2) is 6.61. The zero-order chi connectivity index (χ0) is 17.3. The number of aromatic nitrogens is 4. The zero-order valence-electron chi connectivity index (χ0n) is 14.0. The molecule has 0 fully saturated rings. The Hall–Kier alpha value is -1.79. The van der Waals surface area contributed by atoms with Gasteiger partial charge in [0.25, 0.3) is 0 Å². The summed E-state index contributed by atoms with van der Waals surface area (Å²) in [5, 5.41) is 5.66. The third-order valence-corrected chi connectivity index (χ3v) is 4.77. The molecule has 0 N–H and O–H groups in total. The van der Waals surface area contributed by atoms with Crippen molar-refractivity contribution in [3.8, 4) is 5.69 Å². The number of hydrogen-bond donors (Lipinski definition) is 0. The van der Waals surface area contributed by atoms with Gasteiger partial charge in [0, 0.05) is 28.5 Å². The second-order valence-electron chi connectivity index (χ2n) is 6.52. The van der Waals surface area contributed by atoms with Crippen LogP contribution in [0, 0.1) is 0 Å². The van der Waals surface area contributed by atoms with Crippen LogP contribution in [-0.2, 0) is 5.41 Å². The molecule has 0 aliphatic heterocycles. The second-order valence-corrected chi connectivity index (χ2v) is 8.27. The van der Waals surface area contributed by atoms with Crippen molar-refractivity contribution >= 4 is 23.4 Å². The summed E-state index contributed by atoms with van der Waals surface area (Å²) in [5.74, 6) is 1.32. The smallest absolute Gasteiger partial charge is 0.239 e. The van der Waals surface area contributed by atoms with Crippen molar-refractivity contribution in [2.45, 2.75) is 43.5 Å². The molecule has 1 aromatic carbocycles. The number of thioether (sulfide) groups is 1. The first kappa shape index (κ1) is 17.0. The number of benzene rings is 1. The number of halogens is 1. The van der Waals surface area contributed by atoms with Crippen molar-refractivity contribution in [3.05, 3.63) is 53.4 Å². The third kappa shape index (κ3) is 3.65. The van der Waals surface area contributed by atoms with Crippen LogP contribution < -0.4 is 0 Å². The van der Waals surface area contributed by atoms with E-state index in [9.17, 15) is 0 Å². The standard InChI is InChI=1S/C17H19ClN4OS/c1-11(14-20-15(21-23-14)17(2,3)4)24-16-19-9-10-22(16)13-7-5-12(18)6-8-13/h5-11H,1-4H3. The highest BCUT2D eigenvalue weighted by atomic mass is 35.5. The summed E-state index contributed by atoms with van der Waals surface area (Å²) < 4.78 is 7.44. The number of nitrogens with zero attached hydrogens (tertiary/aromatic N) is 4. The molecule has 1 unspecified atom stereocenters. The van der Waals surface area contributed by atoms with E-state index in [4.69, 9.17) is 16.1 Å². The summed E-state index contributed by atoms with van der Waals surface area (Å²) in [7, 11) is 0. The molecule has 0 bridgehead atoms. The molecular weight excluding hydrogens is 344 g/mol. The summed E-state index contributed by atoms with van der Waals surface area (Å²) >= 11 is 7.53. The Morgan fingerprint density at radius 2 is 1.92 bits per heavy atom. The number of imidazole rings is 1. The van der Waals surface area contributed by atoms with Gasteiger partial charge < -0.3 is 4.52 Å². The van der Waals surface area contributed by atoms with Crippen molar-refractivity contribution < 1.29 is 4.52 Å². The van der Waals surface area contributed by atoms with E-state index in [1.54, 1.807) is 18.0 Å². The van der Waals surface area contributed by atoms with Crippen LogP contribution in [0.25, 0.3) is 5.69 Å². The topological polar surface area (TPSA) is 56.7 Å². The first-order chi connectivity index (χ1) is 11.3. The molecule has 0 saturated carbocycles. The summed E-state index contributed by atoms with van der Waals surface area (Å²) in [5.41, 5.74) is 0.876. The van der Waals surface area contributed by atoms with E-state index < -0.39 is 0 Å². The number of hydrogen-bond acceptors (Lipinski definition) is 5. The molecule has 0 spiro atoms. The first-order valence-corrected chi connectivity index (χ1v) is 8.90. The maximum absolute atomic E-state index is 5.96. The fourth-order valence-corrected chi connectivity index (χ4v) is 3.13. The molecule has 0 aliphatic carbocycles. The largest absolute Gasteiger partial charge is 0.338 e. The average Bonchev–Trinajstić information content (AvgIpc) is 3.16. The maximum atomic E-state index is 5.96. The van der Waals surface area contributed by atoms with Gasteiger partial charge in [-0.05, 0) is 31.2 Å². The normalized spacial score (nSPS) is 13.2. The van der Waals surface area contributed by atoms with Gasteiger partial charge >= 0.3 is 0 Å². The van der Waals surface area contributed by atoms with Gasteiger partial charge in [-0.15, -0.1) is 0 Å². The van der Waals surface area contributed by atoms with E-state index in [-0.39, 0.29) is 10.7 Å². The predicted molar refractivity (Wildman–Crippen MR) is 95.8 cm³/mol. The van der Waals surface area contributed by atoms with Crippen LogP contribution in [0.4, 0.5) is 0 Å². The van der Waals surface area contributed by atoms with Crippen molar-refractivity contribution in [2.75, 3.05) is 0 Å². The first-order valence-electron chi connectivity index (χ1n) is 7.64. The third-order valence-electron chi connectivity index (χ3n) is 3.45. The lowest BCUT2D eigenvalue weighted by Crippen LogP contribution is -2.13. The Balaban J connectivity index is 1.80. The Kier molecular flexibility index (Phi) is 4.69. The van der Waals surface area contributed by atoms with Gasteiger partial charge in [-0.25, -0.2) is 4.98 Å². The Bertz CT molecular complexity index is 820. The molecule has 0 aliphatic rings. The van der Waals surface area contributed by atoms with Gasteiger partial charge in [-0.2, -0.15) is 4.98 Å². The lowest BCUT2D eigenvalue weighted by atomic mass is 9.96. The summed E-state index contributed by atoms with van der Waals surface area (Å²) in [6.45, 7) is 8.22. The zero-order valence-corrected chi connectivity index (χ0v) is 15.6. The van der Waals surface area contributed by atoms with Crippen molar-refractivity contribution in [1.29, 1.82) is 0 Å². The molecule has 0 radical (unpaired) electrons.